The molecule has 1 aromatic heterocycles. The number of H-pyrrole nitrogens is 1. The Labute approximate surface area is 120 Å². The van der Waals surface area contributed by atoms with Crippen LogP contribution < -0.4 is 10.1 Å². The lowest BCUT2D eigenvalue weighted by Gasteiger charge is -2.22. The number of rotatable bonds is 3. The molecule has 3 rings (SSSR count). The summed E-state index contributed by atoms with van der Waals surface area (Å²) < 4.78 is 5.43. The minimum Gasteiger partial charge on any atom is -0.497 e. The lowest BCUT2D eigenvalue weighted by atomic mass is 9.89. The maximum Gasteiger partial charge on any atom is 0.119 e. The summed E-state index contributed by atoms with van der Waals surface area (Å²) in [5.41, 5.74) is 5.33. The second kappa shape index (κ2) is 5.49. The van der Waals surface area contributed by atoms with Crippen molar-refractivity contribution in [2.75, 3.05) is 20.2 Å². The molecular formula is C17H24N2O. The third-order valence-corrected chi connectivity index (χ3v) is 4.59. The number of ether oxygens (including phenoxy) is 1. The van der Waals surface area contributed by atoms with E-state index in [-0.39, 0.29) is 0 Å². The van der Waals surface area contributed by atoms with Crippen LogP contribution in [0.15, 0.2) is 12.1 Å². The fraction of sp³-hybridized carbons (Fsp3) is 0.529. The second-order valence-corrected chi connectivity index (χ2v) is 5.99. The minimum atomic E-state index is 0.806. The Balaban J connectivity index is 2.00. The molecule has 0 aliphatic carbocycles. The zero-order chi connectivity index (χ0) is 14.1. The number of hydrogen-bond donors (Lipinski definition) is 2. The highest BCUT2D eigenvalue weighted by atomic mass is 16.5. The summed E-state index contributed by atoms with van der Waals surface area (Å²) in [4.78, 5) is 3.57. The maximum absolute atomic E-state index is 5.43. The molecule has 2 aromatic rings. The van der Waals surface area contributed by atoms with Gasteiger partial charge in [-0.15, -0.1) is 0 Å². The van der Waals surface area contributed by atoms with Crippen molar-refractivity contribution in [3.05, 3.63) is 29.0 Å². The van der Waals surface area contributed by atoms with Gasteiger partial charge >= 0.3 is 0 Å². The van der Waals surface area contributed by atoms with Crippen LogP contribution in [0, 0.1) is 19.8 Å². The maximum atomic E-state index is 5.43. The molecule has 1 aliphatic rings. The van der Waals surface area contributed by atoms with Crippen molar-refractivity contribution in [1.82, 2.24) is 10.3 Å². The second-order valence-electron chi connectivity index (χ2n) is 5.99. The number of nitrogens with one attached hydrogen (secondary N) is 2. The molecule has 1 aliphatic heterocycles. The summed E-state index contributed by atoms with van der Waals surface area (Å²) in [6, 6.07) is 4.29. The Morgan fingerprint density at radius 3 is 2.65 bits per heavy atom. The molecule has 2 N–H and O–H groups in total. The Morgan fingerprint density at radius 1 is 1.20 bits per heavy atom. The van der Waals surface area contributed by atoms with Crippen molar-refractivity contribution < 1.29 is 4.74 Å². The number of benzene rings is 1. The van der Waals surface area contributed by atoms with Crippen LogP contribution in [0.5, 0.6) is 5.75 Å². The summed E-state index contributed by atoms with van der Waals surface area (Å²) in [5.74, 6) is 1.76. The third-order valence-electron chi connectivity index (χ3n) is 4.59. The van der Waals surface area contributed by atoms with E-state index in [1.807, 2.05) is 0 Å². The molecule has 0 saturated carbocycles. The summed E-state index contributed by atoms with van der Waals surface area (Å²) in [6.07, 6.45) is 3.75. The Hall–Kier alpha value is -1.48. The fourth-order valence-electron chi connectivity index (χ4n) is 3.38. The summed E-state index contributed by atoms with van der Waals surface area (Å²) in [6.45, 7) is 6.67. The smallest absolute Gasteiger partial charge is 0.119 e. The standard InChI is InChI=1S/C17H24N2O/c1-11-8-14(20-3)10-16-15(12(2)19-17(11)16)9-13-4-6-18-7-5-13/h8,10,13,18-19H,4-7,9H2,1-3H3. The molecule has 20 heavy (non-hydrogen) atoms. The van der Waals surface area contributed by atoms with E-state index in [1.165, 1.54) is 47.0 Å². The number of aromatic amines is 1. The number of methoxy groups -OCH3 is 1. The summed E-state index contributed by atoms with van der Waals surface area (Å²) >= 11 is 0. The van der Waals surface area contributed by atoms with Crippen molar-refractivity contribution in [1.29, 1.82) is 0 Å². The van der Waals surface area contributed by atoms with E-state index in [9.17, 15) is 0 Å². The average Bonchev–Trinajstić information content (AvgIpc) is 2.77. The van der Waals surface area contributed by atoms with Crippen molar-refractivity contribution in [2.24, 2.45) is 5.92 Å². The van der Waals surface area contributed by atoms with Gasteiger partial charge in [-0.05, 0) is 75.4 Å². The van der Waals surface area contributed by atoms with Crippen LogP contribution in [0.2, 0.25) is 0 Å². The molecule has 0 atom stereocenters. The van der Waals surface area contributed by atoms with E-state index < -0.39 is 0 Å². The molecule has 0 spiro atoms. The van der Waals surface area contributed by atoms with Gasteiger partial charge in [0.25, 0.3) is 0 Å². The molecule has 0 radical (unpaired) electrons. The molecule has 0 bridgehead atoms. The first-order valence-electron chi connectivity index (χ1n) is 7.55. The largest absolute Gasteiger partial charge is 0.497 e. The van der Waals surface area contributed by atoms with Gasteiger partial charge in [-0.3, -0.25) is 0 Å². The molecule has 1 aromatic carbocycles. The van der Waals surface area contributed by atoms with Gasteiger partial charge in [-0.25, -0.2) is 0 Å². The monoisotopic (exact) mass is 272 g/mol. The topological polar surface area (TPSA) is 37.0 Å². The van der Waals surface area contributed by atoms with Crippen LogP contribution in [0.3, 0.4) is 0 Å². The molecule has 3 nitrogen and oxygen atoms in total. The quantitative estimate of drug-likeness (QED) is 0.899. The number of piperidine rings is 1. The van der Waals surface area contributed by atoms with Gasteiger partial charge in [0.15, 0.2) is 0 Å². The molecule has 1 fully saturated rings. The van der Waals surface area contributed by atoms with E-state index in [1.54, 1.807) is 7.11 Å². The Bertz CT molecular complexity index is 609. The first kappa shape index (κ1) is 13.5. The average molecular weight is 272 g/mol. The van der Waals surface area contributed by atoms with Gasteiger partial charge in [0.2, 0.25) is 0 Å². The fourth-order valence-corrected chi connectivity index (χ4v) is 3.38. The van der Waals surface area contributed by atoms with Gasteiger partial charge in [-0.2, -0.15) is 0 Å². The zero-order valence-corrected chi connectivity index (χ0v) is 12.7. The van der Waals surface area contributed by atoms with Crippen LogP contribution in [-0.2, 0) is 6.42 Å². The molecule has 0 unspecified atom stereocenters. The first-order valence-corrected chi connectivity index (χ1v) is 7.55. The van der Waals surface area contributed by atoms with Crippen LogP contribution in [0.25, 0.3) is 10.9 Å². The minimum absolute atomic E-state index is 0.806. The van der Waals surface area contributed by atoms with Crippen LogP contribution >= 0.6 is 0 Å². The van der Waals surface area contributed by atoms with Gasteiger partial charge in [0.1, 0.15) is 5.75 Å². The highest BCUT2D eigenvalue weighted by Gasteiger charge is 2.18. The Morgan fingerprint density at radius 2 is 1.95 bits per heavy atom. The number of hydrogen-bond acceptors (Lipinski definition) is 2. The van der Waals surface area contributed by atoms with Crippen molar-refractivity contribution in [3.8, 4) is 5.75 Å². The van der Waals surface area contributed by atoms with E-state index in [2.05, 4.69) is 36.3 Å². The van der Waals surface area contributed by atoms with E-state index in [4.69, 9.17) is 4.74 Å². The van der Waals surface area contributed by atoms with Gasteiger partial charge in [-0.1, -0.05) is 0 Å². The number of fused-ring (bicyclic) bond motifs is 1. The molecule has 0 amide bonds. The normalized spacial score (nSPS) is 16.8. The van der Waals surface area contributed by atoms with Crippen molar-refractivity contribution in [3.63, 3.8) is 0 Å². The van der Waals surface area contributed by atoms with Crippen LogP contribution in [0.1, 0.15) is 29.7 Å². The van der Waals surface area contributed by atoms with E-state index in [0.29, 0.717) is 0 Å². The third kappa shape index (κ3) is 2.42. The summed E-state index contributed by atoms with van der Waals surface area (Å²) in [7, 11) is 1.74. The lowest BCUT2D eigenvalue weighted by molar-refractivity contribution is 0.373. The van der Waals surface area contributed by atoms with E-state index in [0.717, 1.165) is 24.8 Å². The van der Waals surface area contributed by atoms with Crippen LogP contribution in [-0.4, -0.2) is 25.2 Å². The van der Waals surface area contributed by atoms with E-state index >= 15 is 0 Å². The molecule has 1 saturated heterocycles. The molecule has 108 valence electrons. The molecular weight excluding hydrogens is 248 g/mol. The Kier molecular flexibility index (Phi) is 3.70. The van der Waals surface area contributed by atoms with Gasteiger partial charge < -0.3 is 15.0 Å². The zero-order valence-electron chi connectivity index (χ0n) is 12.7. The predicted octanol–water partition coefficient (Wildman–Crippen LogP) is 3.34. The van der Waals surface area contributed by atoms with Gasteiger partial charge in [0, 0.05) is 16.6 Å². The van der Waals surface area contributed by atoms with Crippen molar-refractivity contribution >= 4 is 10.9 Å². The SMILES string of the molecule is COc1cc(C)c2[nH]c(C)c(CC3CCNCC3)c2c1. The lowest BCUT2D eigenvalue weighted by Crippen LogP contribution is -2.28. The molecule has 2 heterocycles. The highest BCUT2D eigenvalue weighted by molar-refractivity contribution is 5.88. The molecule has 3 heteroatoms. The first-order chi connectivity index (χ1) is 9.69. The summed E-state index contributed by atoms with van der Waals surface area (Å²) in [5, 5.41) is 4.79. The van der Waals surface area contributed by atoms with Crippen molar-refractivity contribution in [2.45, 2.75) is 33.1 Å². The number of aryl methyl sites for hydroxylation is 2. The highest BCUT2D eigenvalue weighted by Crippen LogP contribution is 2.32. The van der Waals surface area contributed by atoms with Gasteiger partial charge in [0.05, 0.1) is 7.11 Å². The van der Waals surface area contributed by atoms with Crippen LogP contribution in [0.4, 0.5) is 0 Å². The number of aromatic nitrogens is 1. The predicted molar refractivity (Wildman–Crippen MR) is 83.6 cm³/mol.